The van der Waals surface area contributed by atoms with Gasteiger partial charge in [0, 0.05) is 6.04 Å². The van der Waals surface area contributed by atoms with E-state index < -0.39 is 15.8 Å². The Balaban J connectivity index is 2.26. The number of benzene rings is 1. The van der Waals surface area contributed by atoms with Crippen molar-refractivity contribution < 1.29 is 12.8 Å². The molecule has 1 aromatic carbocycles. The summed E-state index contributed by atoms with van der Waals surface area (Å²) in [6.07, 6.45) is 6.25. The van der Waals surface area contributed by atoms with E-state index in [1.54, 1.807) is 13.8 Å². The van der Waals surface area contributed by atoms with Gasteiger partial charge in [-0.25, -0.2) is 17.5 Å². The van der Waals surface area contributed by atoms with Crippen LogP contribution in [0.2, 0.25) is 0 Å². The van der Waals surface area contributed by atoms with Crippen LogP contribution in [0.1, 0.15) is 49.7 Å². The molecule has 2 rings (SSSR count). The van der Waals surface area contributed by atoms with Gasteiger partial charge in [-0.3, -0.25) is 0 Å². The van der Waals surface area contributed by atoms with Crippen LogP contribution in [0.25, 0.3) is 0 Å². The Bertz CT molecular complexity index is 553. The quantitative estimate of drug-likeness (QED) is 0.869. The number of rotatable bonds is 3. The van der Waals surface area contributed by atoms with Gasteiger partial charge in [-0.1, -0.05) is 25.7 Å². The van der Waals surface area contributed by atoms with Crippen molar-refractivity contribution in [2.24, 2.45) is 0 Å². The largest absolute Gasteiger partial charge is 0.241 e. The topological polar surface area (TPSA) is 46.2 Å². The van der Waals surface area contributed by atoms with Crippen LogP contribution in [0, 0.1) is 19.7 Å². The number of sulfonamides is 1. The smallest absolute Gasteiger partial charge is 0.208 e. The zero-order valence-electron chi connectivity index (χ0n) is 12.1. The van der Waals surface area contributed by atoms with Crippen molar-refractivity contribution in [2.75, 3.05) is 0 Å². The van der Waals surface area contributed by atoms with E-state index in [9.17, 15) is 12.8 Å². The standard InChI is InChI=1S/C15H22FNO2S/c1-11-9-13(16)10-12(2)15(11)20(18,19)17-14-7-5-3-4-6-8-14/h9-10,14,17H,3-8H2,1-2H3. The molecule has 5 heteroatoms. The van der Waals surface area contributed by atoms with Crippen molar-refractivity contribution in [3.8, 4) is 0 Å². The van der Waals surface area contributed by atoms with Gasteiger partial charge in [0.25, 0.3) is 0 Å². The number of hydrogen-bond acceptors (Lipinski definition) is 2. The molecular weight excluding hydrogens is 277 g/mol. The van der Waals surface area contributed by atoms with Crippen molar-refractivity contribution >= 4 is 10.0 Å². The Labute approximate surface area is 120 Å². The van der Waals surface area contributed by atoms with Crippen molar-refractivity contribution in [1.29, 1.82) is 0 Å². The molecule has 1 aliphatic carbocycles. The molecule has 0 amide bonds. The number of aryl methyl sites for hydroxylation is 2. The second-order valence-corrected chi connectivity index (χ2v) is 7.33. The van der Waals surface area contributed by atoms with Crippen LogP contribution in [-0.2, 0) is 10.0 Å². The summed E-state index contributed by atoms with van der Waals surface area (Å²) in [6.45, 7) is 3.27. The number of nitrogens with one attached hydrogen (secondary N) is 1. The van der Waals surface area contributed by atoms with Crippen LogP contribution < -0.4 is 4.72 Å². The molecule has 0 heterocycles. The van der Waals surface area contributed by atoms with Crippen LogP contribution >= 0.6 is 0 Å². The van der Waals surface area contributed by atoms with Gasteiger partial charge >= 0.3 is 0 Å². The zero-order valence-corrected chi connectivity index (χ0v) is 12.9. The highest BCUT2D eigenvalue weighted by Gasteiger charge is 2.24. The summed E-state index contributed by atoms with van der Waals surface area (Å²) < 4.78 is 41.2. The highest BCUT2D eigenvalue weighted by Crippen LogP contribution is 2.24. The molecule has 0 aromatic heterocycles. The average molecular weight is 299 g/mol. The minimum absolute atomic E-state index is 0.00588. The summed E-state index contributed by atoms with van der Waals surface area (Å²) in [4.78, 5) is 0.225. The van der Waals surface area contributed by atoms with E-state index in [1.165, 1.54) is 25.0 Å². The van der Waals surface area contributed by atoms with E-state index in [-0.39, 0.29) is 10.9 Å². The molecule has 1 aliphatic rings. The molecule has 1 N–H and O–H groups in total. The zero-order chi connectivity index (χ0) is 14.8. The molecule has 0 bridgehead atoms. The first-order valence-electron chi connectivity index (χ1n) is 7.19. The molecule has 0 aliphatic heterocycles. The van der Waals surface area contributed by atoms with Gasteiger partial charge in [-0.15, -0.1) is 0 Å². The maximum atomic E-state index is 13.3. The van der Waals surface area contributed by atoms with Crippen LogP contribution in [0.4, 0.5) is 4.39 Å². The lowest BCUT2D eigenvalue weighted by molar-refractivity contribution is 0.509. The molecule has 1 fully saturated rings. The molecule has 0 unspecified atom stereocenters. The van der Waals surface area contributed by atoms with E-state index in [4.69, 9.17) is 0 Å². The highest BCUT2D eigenvalue weighted by atomic mass is 32.2. The SMILES string of the molecule is Cc1cc(F)cc(C)c1S(=O)(=O)NC1CCCCCC1. The maximum Gasteiger partial charge on any atom is 0.241 e. The Hall–Kier alpha value is -0.940. The van der Waals surface area contributed by atoms with Gasteiger partial charge in [0.15, 0.2) is 0 Å². The molecule has 0 saturated heterocycles. The minimum atomic E-state index is -3.57. The second-order valence-electron chi connectivity index (χ2n) is 5.68. The highest BCUT2D eigenvalue weighted by molar-refractivity contribution is 7.89. The number of hydrogen-bond donors (Lipinski definition) is 1. The van der Waals surface area contributed by atoms with E-state index in [0.717, 1.165) is 25.7 Å². The first kappa shape index (κ1) is 15.4. The van der Waals surface area contributed by atoms with Crippen LogP contribution in [0.3, 0.4) is 0 Å². The lowest BCUT2D eigenvalue weighted by Gasteiger charge is -2.18. The molecule has 0 atom stereocenters. The van der Waals surface area contributed by atoms with Gasteiger partial charge < -0.3 is 0 Å². The summed E-state index contributed by atoms with van der Waals surface area (Å²) in [5, 5.41) is 0. The fraction of sp³-hybridized carbons (Fsp3) is 0.600. The summed E-state index contributed by atoms with van der Waals surface area (Å²) in [6, 6.07) is 2.55. The predicted octanol–water partition coefficient (Wildman–Crippen LogP) is 3.44. The Morgan fingerprint density at radius 2 is 1.55 bits per heavy atom. The fourth-order valence-electron chi connectivity index (χ4n) is 3.00. The van der Waals surface area contributed by atoms with Gasteiger partial charge in [0.2, 0.25) is 10.0 Å². The molecule has 0 radical (unpaired) electrons. The Morgan fingerprint density at radius 1 is 1.05 bits per heavy atom. The van der Waals surface area contributed by atoms with E-state index in [0.29, 0.717) is 11.1 Å². The fourth-order valence-corrected chi connectivity index (χ4v) is 4.75. The maximum absolute atomic E-state index is 13.3. The molecule has 112 valence electrons. The monoisotopic (exact) mass is 299 g/mol. The third-order valence-corrected chi connectivity index (χ3v) is 5.70. The van der Waals surface area contributed by atoms with Crippen molar-refractivity contribution in [3.63, 3.8) is 0 Å². The van der Waals surface area contributed by atoms with Crippen LogP contribution in [0.15, 0.2) is 17.0 Å². The molecule has 0 spiro atoms. The molecule has 3 nitrogen and oxygen atoms in total. The van der Waals surface area contributed by atoms with Crippen molar-refractivity contribution in [2.45, 2.75) is 63.3 Å². The summed E-state index contributed by atoms with van der Waals surface area (Å²) in [5.74, 6) is -0.395. The van der Waals surface area contributed by atoms with E-state index >= 15 is 0 Å². The third kappa shape index (κ3) is 3.58. The third-order valence-electron chi connectivity index (χ3n) is 3.87. The lowest BCUT2D eigenvalue weighted by atomic mass is 10.1. The second kappa shape index (κ2) is 6.22. The predicted molar refractivity (Wildman–Crippen MR) is 77.7 cm³/mol. The molecule has 1 saturated carbocycles. The van der Waals surface area contributed by atoms with Gasteiger partial charge in [0.05, 0.1) is 4.90 Å². The summed E-state index contributed by atoms with van der Waals surface area (Å²) in [5.41, 5.74) is 0.923. The molecule has 1 aromatic rings. The average Bonchev–Trinajstić information content (AvgIpc) is 2.54. The summed E-state index contributed by atoms with van der Waals surface area (Å²) >= 11 is 0. The van der Waals surface area contributed by atoms with Gasteiger partial charge in [-0.2, -0.15) is 0 Å². The Morgan fingerprint density at radius 3 is 2.05 bits per heavy atom. The molecular formula is C15H22FNO2S. The van der Waals surface area contributed by atoms with E-state index in [1.807, 2.05) is 0 Å². The summed E-state index contributed by atoms with van der Waals surface area (Å²) in [7, 11) is -3.57. The minimum Gasteiger partial charge on any atom is -0.208 e. The van der Waals surface area contributed by atoms with Crippen molar-refractivity contribution in [1.82, 2.24) is 4.72 Å². The van der Waals surface area contributed by atoms with E-state index in [2.05, 4.69) is 4.72 Å². The van der Waals surface area contributed by atoms with Crippen LogP contribution in [-0.4, -0.2) is 14.5 Å². The van der Waals surface area contributed by atoms with Crippen LogP contribution in [0.5, 0.6) is 0 Å². The molecule has 20 heavy (non-hydrogen) atoms. The van der Waals surface area contributed by atoms with Gasteiger partial charge in [0.1, 0.15) is 5.82 Å². The first-order valence-corrected chi connectivity index (χ1v) is 8.67. The number of halogens is 1. The Kier molecular flexibility index (Phi) is 4.81. The normalized spacial score (nSPS) is 17.9. The first-order chi connectivity index (χ1) is 9.40. The van der Waals surface area contributed by atoms with Crippen molar-refractivity contribution in [3.05, 3.63) is 29.1 Å². The lowest BCUT2D eigenvalue weighted by Crippen LogP contribution is -2.35. The van der Waals surface area contributed by atoms with Gasteiger partial charge in [-0.05, 0) is 49.9 Å².